The molecule has 1 rings (SSSR count). The van der Waals surface area contributed by atoms with Crippen LogP contribution in [0.1, 0.15) is 39.0 Å². The van der Waals surface area contributed by atoms with Crippen molar-refractivity contribution in [2.75, 3.05) is 6.61 Å². The topological polar surface area (TPSA) is 29.5 Å². The Morgan fingerprint density at radius 1 is 1.36 bits per heavy atom. The Bertz CT molecular complexity index is 142. The van der Waals surface area contributed by atoms with Gasteiger partial charge >= 0.3 is 0 Å². The van der Waals surface area contributed by atoms with E-state index in [1.165, 1.54) is 19.3 Å². The predicted octanol–water partition coefficient (Wildman–Crippen LogP) is 2.76. The quantitative estimate of drug-likeness (QED) is 0.623. The summed E-state index contributed by atoms with van der Waals surface area (Å²) < 4.78 is 5.02. The summed E-state index contributed by atoms with van der Waals surface area (Å²) in [5.41, 5.74) is 1.11. The molecule has 1 fully saturated rings. The van der Waals surface area contributed by atoms with E-state index in [0.717, 1.165) is 18.4 Å². The molecule has 0 radical (unpaired) electrons. The minimum absolute atomic E-state index is 0.187. The molecule has 2 heteroatoms. The van der Waals surface area contributed by atoms with E-state index in [-0.39, 0.29) is 5.95 Å². The van der Waals surface area contributed by atoms with E-state index in [1.807, 2.05) is 6.92 Å². The third-order valence-corrected chi connectivity index (χ3v) is 2.04. The molecule has 0 spiro atoms. The van der Waals surface area contributed by atoms with E-state index in [9.17, 15) is 5.11 Å². The van der Waals surface area contributed by atoms with Crippen molar-refractivity contribution in [3.05, 3.63) is 11.5 Å². The lowest BCUT2D eigenvalue weighted by Gasteiger charge is -2.14. The summed E-state index contributed by atoms with van der Waals surface area (Å²) in [6, 6.07) is 0. The molecule has 0 aromatic rings. The third kappa shape index (κ3) is 2.45. The maximum Gasteiger partial charge on any atom is 0.275 e. The maximum absolute atomic E-state index is 9.33. The molecule has 0 bridgehead atoms. The Morgan fingerprint density at radius 2 is 2.00 bits per heavy atom. The monoisotopic (exact) mass is 156 g/mol. The molecule has 0 aromatic heterocycles. The van der Waals surface area contributed by atoms with Crippen LogP contribution in [0.4, 0.5) is 0 Å². The highest BCUT2D eigenvalue weighted by Crippen LogP contribution is 2.24. The summed E-state index contributed by atoms with van der Waals surface area (Å²) in [4.78, 5) is 0. The zero-order chi connectivity index (χ0) is 8.10. The van der Waals surface area contributed by atoms with Crippen molar-refractivity contribution in [2.45, 2.75) is 39.0 Å². The number of aliphatic hydroxyl groups is 1. The highest BCUT2D eigenvalue weighted by molar-refractivity contribution is 5.04. The minimum atomic E-state index is 0.187. The van der Waals surface area contributed by atoms with Crippen molar-refractivity contribution < 1.29 is 9.84 Å². The van der Waals surface area contributed by atoms with Crippen LogP contribution >= 0.6 is 0 Å². The molecule has 0 amide bonds. The lowest BCUT2D eigenvalue weighted by atomic mass is 9.96. The maximum atomic E-state index is 9.33. The van der Waals surface area contributed by atoms with E-state index in [4.69, 9.17) is 4.74 Å². The van der Waals surface area contributed by atoms with Crippen LogP contribution < -0.4 is 0 Å². The van der Waals surface area contributed by atoms with Gasteiger partial charge in [-0.1, -0.05) is 6.42 Å². The highest BCUT2D eigenvalue weighted by atomic mass is 16.6. The molecule has 64 valence electrons. The van der Waals surface area contributed by atoms with Crippen molar-refractivity contribution in [1.29, 1.82) is 0 Å². The van der Waals surface area contributed by atoms with Gasteiger partial charge < -0.3 is 9.84 Å². The van der Waals surface area contributed by atoms with E-state index in [1.54, 1.807) is 0 Å². The number of hydrogen-bond donors (Lipinski definition) is 1. The summed E-state index contributed by atoms with van der Waals surface area (Å²) >= 11 is 0. The van der Waals surface area contributed by atoms with Crippen molar-refractivity contribution in [2.24, 2.45) is 0 Å². The smallest absolute Gasteiger partial charge is 0.275 e. The first-order valence-corrected chi connectivity index (χ1v) is 4.38. The van der Waals surface area contributed by atoms with Crippen LogP contribution in [-0.4, -0.2) is 11.7 Å². The second-order valence-corrected chi connectivity index (χ2v) is 2.90. The fraction of sp³-hybridized carbons (Fsp3) is 0.778. The molecule has 0 aromatic carbocycles. The van der Waals surface area contributed by atoms with Crippen LogP contribution in [0.25, 0.3) is 0 Å². The predicted molar refractivity (Wildman–Crippen MR) is 44.4 cm³/mol. The average Bonchev–Trinajstić information content (AvgIpc) is 2.07. The Balaban J connectivity index is 2.46. The van der Waals surface area contributed by atoms with Gasteiger partial charge in [0.1, 0.15) is 0 Å². The molecule has 0 saturated heterocycles. The first kappa shape index (κ1) is 8.44. The van der Waals surface area contributed by atoms with Crippen LogP contribution in [-0.2, 0) is 4.74 Å². The van der Waals surface area contributed by atoms with Crippen molar-refractivity contribution >= 4 is 0 Å². The zero-order valence-corrected chi connectivity index (χ0v) is 7.10. The van der Waals surface area contributed by atoms with E-state index >= 15 is 0 Å². The second kappa shape index (κ2) is 4.27. The van der Waals surface area contributed by atoms with Crippen LogP contribution in [0.3, 0.4) is 0 Å². The van der Waals surface area contributed by atoms with Crippen LogP contribution in [0.2, 0.25) is 0 Å². The summed E-state index contributed by atoms with van der Waals surface area (Å²) in [5.74, 6) is 0.187. The average molecular weight is 156 g/mol. The molecule has 0 unspecified atom stereocenters. The first-order valence-electron chi connectivity index (χ1n) is 4.38. The van der Waals surface area contributed by atoms with Crippen LogP contribution in [0, 0.1) is 0 Å². The minimum Gasteiger partial charge on any atom is -0.481 e. The number of hydrogen-bond acceptors (Lipinski definition) is 2. The third-order valence-electron chi connectivity index (χ3n) is 2.04. The number of ether oxygens (including phenoxy) is 1. The molecule has 0 atom stereocenters. The van der Waals surface area contributed by atoms with E-state index < -0.39 is 0 Å². The SMILES string of the molecule is CCOC(O)=C1CCCCC1. The van der Waals surface area contributed by atoms with Gasteiger partial charge in [0.25, 0.3) is 5.95 Å². The molecule has 1 N–H and O–H groups in total. The summed E-state index contributed by atoms with van der Waals surface area (Å²) in [5, 5.41) is 9.33. The van der Waals surface area contributed by atoms with E-state index in [2.05, 4.69) is 0 Å². The molecule has 2 nitrogen and oxygen atoms in total. The molecule has 1 aliphatic rings. The van der Waals surface area contributed by atoms with Gasteiger partial charge in [-0.05, 0) is 32.6 Å². The Morgan fingerprint density at radius 3 is 2.55 bits per heavy atom. The molecular weight excluding hydrogens is 140 g/mol. The first-order chi connectivity index (χ1) is 5.34. The molecule has 1 aliphatic carbocycles. The molecule has 1 saturated carbocycles. The Hall–Kier alpha value is -0.660. The van der Waals surface area contributed by atoms with Gasteiger partial charge in [0.15, 0.2) is 0 Å². The molecular formula is C9H16O2. The fourth-order valence-corrected chi connectivity index (χ4v) is 1.43. The van der Waals surface area contributed by atoms with Crippen LogP contribution in [0.15, 0.2) is 11.5 Å². The van der Waals surface area contributed by atoms with Gasteiger partial charge in [0.05, 0.1) is 6.61 Å². The van der Waals surface area contributed by atoms with E-state index in [0.29, 0.717) is 6.61 Å². The number of aliphatic hydroxyl groups excluding tert-OH is 1. The number of allylic oxidation sites excluding steroid dienone is 1. The number of rotatable bonds is 2. The largest absolute Gasteiger partial charge is 0.481 e. The van der Waals surface area contributed by atoms with Gasteiger partial charge in [0, 0.05) is 5.57 Å². The Labute approximate surface area is 67.9 Å². The summed E-state index contributed by atoms with van der Waals surface area (Å²) in [6.45, 7) is 2.45. The normalized spacial score (nSPS) is 18.1. The zero-order valence-electron chi connectivity index (χ0n) is 7.10. The Kier molecular flexibility index (Phi) is 3.27. The van der Waals surface area contributed by atoms with Gasteiger partial charge in [-0.15, -0.1) is 0 Å². The highest BCUT2D eigenvalue weighted by Gasteiger charge is 2.10. The second-order valence-electron chi connectivity index (χ2n) is 2.90. The summed E-state index contributed by atoms with van der Waals surface area (Å²) in [6.07, 6.45) is 5.74. The summed E-state index contributed by atoms with van der Waals surface area (Å²) in [7, 11) is 0. The van der Waals surface area contributed by atoms with Gasteiger partial charge in [-0.2, -0.15) is 0 Å². The lowest BCUT2D eigenvalue weighted by Crippen LogP contribution is -2.01. The molecule has 11 heavy (non-hydrogen) atoms. The molecule has 0 heterocycles. The van der Waals surface area contributed by atoms with Gasteiger partial charge in [-0.25, -0.2) is 0 Å². The molecule has 0 aliphatic heterocycles. The lowest BCUT2D eigenvalue weighted by molar-refractivity contribution is 0.0945. The van der Waals surface area contributed by atoms with Gasteiger partial charge in [0.2, 0.25) is 0 Å². The van der Waals surface area contributed by atoms with Crippen LogP contribution in [0.5, 0.6) is 0 Å². The van der Waals surface area contributed by atoms with Crippen molar-refractivity contribution in [3.63, 3.8) is 0 Å². The van der Waals surface area contributed by atoms with Crippen molar-refractivity contribution in [1.82, 2.24) is 0 Å². The standard InChI is InChI=1S/C9H16O2/c1-2-11-9(10)8-6-4-3-5-7-8/h10H,2-7H2,1H3. The van der Waals surface area contributed by atoms with Crippen molar-refractivity contribution in [3.8, 4) is 0 Å². The fourth-order valence-electron chi connectivity index (χ4n) is 1.43. The van der Waals surface area contributed by atoms with Gasteiger partial charge in [-0.3, -0.25) is 0 Å².